The standard InChI is InChI=1S/C16H23NO3/c1-4-17(14-10-12(2)9-13(3)11-14)15(18)7-5-6-8-16(19)20/h9-11H,4-8H2,1-3H3,(H,19,20). The number of aryl methyl sites for hydroxylation is 2. The Balaban J connectivity index is 2.65. The summed E-state index contributed by atoms with van der Waals surface area (Å²) in [5.74, 6) is -0.748. The zero-order valence-corrected chi connectivity index (χ0v) is 12.5. The van der Waals surface area contributed by atoms with E-state index in [9.17, 15) is 9.59 Å². The number of benzene rings is 1. The average molecular weight is 277 g/mol. The maximum absolute atomic E-state index is 12.2. The summed E-state index contributed by atoms with van der Waals surface area (Å²) in [5, 5.41) is 8.58. The number of carbonyl (C=O) groups excluding carboxylic acids is 1. The van der Waals surface area contributed by atoms with Gasteiger partial charge in [0, 0.05) is 25.1 Å². The van der Waals surface area contributed by atoms with Gasteiger partial charge in [0.15, 0.2) is 0 Å². The normalized spacial score (nSPS) is 10.3. The minimum atomic E-state index is -0.806. The molecule has 1 rings (SSSR count). The van der Waals surface area contributed by atoms with Gasteiger partial charge >= 0.3 is 5.97 Å². The van der Waals surface area contributed by atoms with Crippen LogP contribution in [0.5, 0.6) is 0 Å². The summed E-state index contributed by atoms with van der Waals surface area (Å²) in [6.07, 6.45) is 1.69. The van der Waals surface area contributed by atoms with Gasteiger partial charge in [-0.3, -0.25) is 9.59 Å². The van der Waals surface area contributed by atoms with Crippen molar-refractivity contribution in [1.82, 2.24) is 0 Å². The highest BCUT2D eigenvalue weighted by molar-refractivity contribution is 5.93. The number of anilines is 1. The van der Waals surface area contributed by atoms with Crippen molar-refractivity contribution >= 4 is 17.6 Å². The molecule has 0 spiro atoms. The van der Waals surface area contributed by atoms with Crippen LogP contribution >= 0.6 is 0 Å². The van der Waals surface area contributed by atoms with Gasteiger partial charge in [-0.1, -0.05) is 6.07 Å². The monoisotopic (exact) mass is 277 g/mol. The van der Waals surface area contributed by atoms with Crippen LogP contribution in [0.25, 0.3) is 0 Å². The molecule has 1 amide bonds. The van der Waals surface area contributed by atoms with Crippen molar-refractivity contribution in [2.24, 2.45) is 0 Å². The molecule has 0 aliphatic carbocycles. The predicted octanol–water partition coefficient (Wildman–Crippen LogP) is 3.30. The number of aliphatic carboxylic acids is 1. The van der Waals surface area contributed by atoms with Crippen LogP contribution in [-0.2, 0) is 9.59 Å². The second-order valence-corrected chi connectivity index (χ2v) is 5.08. The van der Waals surface area contributed by atoms with E-state index in [4.69, 9.17) is 5.11 Å². The number of hydrogen-bond acceptors (Lipinski definition) is 2. The number of carboxylic acids is 1. The van der Waals surface area contributed by atoms with Crippen LogP contribution in [0.4, 0.5) is 5.69 Å². The number of nitrogens with zero attached hydrogens (tertiary/aromatic N) is 1. The van der Waals surface area contributed by atoms with E-state index in [0.29, 0.717) is 25.8 Å². The minimum Gasteiger partial charge on any atom is -0.481 e. The fourth-order valence-electron chi connectivity index (χ4n) is 2.30. The molecule has 1 N–H and O–H groups in total. The maximum atomic E-state index is 12.2. The maximum Gasteiger partial charge on any atom is 0.303 e. The molecule has 0 aliphatic rings. The molecule has 0 fully saturated rings. The number of amides is 1. The van der Waals surface area contributed by atoms with Gasteiger partial charge in [0.05, 0.1) is 0 Å². The first kappa shape index (κ1) is 16.2. The molecule has 0 heterocycles. The molecule has 0 unspecified atom stereocenters. The molecule has 0 aliphatic heterocycles. The molecule has 20 heavy (non-hydrogen) atoms. The van der Waals surface area contributed by atoms with E-state index in [1.165, 1.54) is 0 Å². The van der Waals surface area contributed by atoms with Gasteiger partial charge in [-0.2, -0.15) is 0 Å². The van der Waals surface area contributed by atoms with Gasteiger partial charge in [-0.25, -0.2) is 0 Å². The van der Waals surface area contributed by atoms with E-state index >= 15 is 0 Å². The molecule has 4 nitrogen and oxygen atoms in total. The molecule has 0 aromatic heterocycles. The van der Waals surface area contributed by atoms with Gasteiger partial charge in [-0.15, -0.1) is 0 Å². The second-order valence-electron chi connectivity index (χ2n) is 5.08. The van der Waals surface area contributed by atoms with Crippen LogP contribution in [0.3, 0.4) is 0 Å². The Hall–Kier alpha value is -1.84. The lowest BCUT2D eigenvalue weighted by Gasteiger charge is -2.22. The van der Waals surface area contributed by atoms with Crippen molar-refractivity contribution in [3.05, 3.63) is 29.3 Å². The molecule has 0 saturated carbocycles. The summed E-state index contributed by atoms with van der Waals surface area (Å²) in [6.45, 7) is 6.61. The molecule has 4 heteroatoms. The van der Waals surface area contributed by atoms with Crippen molar-refractivity contribution in [1.29, 1.82) is 0 Å². The molecule has 0 atom stereocenters. The van der Waals surface area contributed by atoms with Crippen LogP contribution in [0.15, 0.2) is 18.2 Å². The molecular formula is C16H23NO3. The van der Waals surface area contributed by atoms with Gasteiger partial charge in [-0.05, 0) is 56.9 Å². The van der Waals surface area contributed by atoms with E-state index in [-0.39, 0.29) is 12.3 Å². The van der Waals surface area contributed by atoms with Crippen molar-refractivity contribution in [3.8, 4) is 0 Å². The number of rotatable bonds is 7. The third kappa shape index (κ3) is 5.03. The Morgan fingerprint density at radius 1 is 1.05 bits per heavy atom. The summed E-state index contributed by atoms with van der Waals surface area (Å²) in [7, 11) is 0. The van der Waals surface area contributed by atoms with Crippen molar-refractivity contribution in [2.75, 3.05) is 11.4 Å². The minimum absolute atomic E-state index is 0.0582. The Bertz CT molecular complexity index is 462. The van der Waals surface area contributed by atoms with Gasteiger partial charge in [0.2, 0.25) is 5.91 Å². The first-order valence-corrected chi connectivity index (χ1v) is 7.04. The van der Waals surface area contributed by atoms with E-state index in [1.807, 2.05) is 32.9 Å². The third-order valence-electron chi connectivity index (χ3n) is 3.17. The number of unbranched alkanes of at least 4 members (excludes halogenated alkanes) is 1. The smallest absolute Gasteiger partial charge is 0.303 e. The van der Waals surface area contributed by atoms with Gasteiger partial charge < -0.3 is 10.0 Å². The molecule has 0 bridgehead atoms. The van der Waals surface area contributed by atoms with Crippen molar-refractivity contribution in [2.45, 2.75) is 46.5 Å². The number of carbonyl (C=O) groups is 2. The SMILES string of the molecule is CCN(C(=O)CCCCC(=O)O)c1cc(C)cc(C)c1. The average Bonchev–Trinajstić information content (AvgIpc) is 2.34. The first-order valence-electron chi connectivity index (χ1n) is 7.04. The van der Waals surface area contributed by atoms with E-state index in [0.717, 1.165) is 16.8 Å². The molecule has 1 aromatic rings. The van der Waals surface area contributed by atoms with Crippen LogP contribution in [0, 0.1) is 13.8 Å². The van der Waals surface area contributed by atoms with Crippen LogP contribution in [0.1, 0.15) is 43.7 Å². The van der Waals surface area contributed by atoms with Gasteiger partial charge in [0.25, 0.3) is 0 Å². The highest BCUT2D eigenvalue weighted by Crippen LogP contribution is 2.20. The van der Waals surface area contributed by atoms with Crippen LogP contribution in [-0.4, -0.2) is 23.5 Å². The summed E-state index contributed by atoms with van der Waals surface area (Å²) in [4.78, 5) is 24.4. The number of carboxylic acid groups (broad SMARTS) is 1. The van der Waals surface area contributed by atoms with Crippen molar-refractivity contribution in [3.63, 3.8) is 0 Å². The lowest BCUT2D eigenvalue weighted by Crippen LogP contribution is -2.30. The van der Waals surface area contributed by atoms with Crippen LogP contribution < -0.4 is 4.90 Å². The number of hydrogen-bond donors (Lipinski definition) is 1. The molecule has 0 radical (unpaired) electrons. The Labute approximate surface area is 120 Å². The Kier molecular flexibility index (Phi) is 6.22. The summed E-state index contributed by atoms with van der Waals surface area (Å²) in [6, 6.07) is 6.09. The summed E-state index contributed by atoms with van der Waals surface area (Å²) in [5.41, 5.74) is 3.20. The van der Waals surface area contributed by atoms with E-state index in [2.05, 4.69) is 6.07 Å². The Morgan fingerprint density at radius 3 is 2.10 bits per heavy atom. The zero-order valence-electron chi connectivity index (χ0n) is 12.5. The molecule has 0 saturated heterocycles. The lowest BCUT2D eigenvalue weighted by molar-refractivity contribution is -0.137. The van der Waals surface area contributed by atoms with Crippen LogP contribution in [0.2, 0.25) is 0 Å². The van der Waals surface area contributed by atoms with E-state index < -0.39 is 5.97 Å². The topological polar surface area (TPSA) is 57.6 Å². The highest BCUT2D eigenvalue weighted by atomic mass is 16.4. The second kappa shape index (κ2) is 7.68. The fraction of sp³-hybridized carbons (Fsp3) is 0.500. The predicted molar refractivity (Wildman–Crippen MR) is 80.0 cm³/mol. The summed E-state index contributed by atoms with van der Waals surface area (Å²) < 4.78 is 0. The van der Waals surface area contributed by atoms with Crippen molar-refractivity contribution < 1.29 is 14.7 Å². The quantitative estimate of drug-likeness (QED) is 0.778. The summed E-state index contributed by atoms with van der Waals surface area (Å²) >= 11 is 0. The van der Waals surface area contributed by atoms with E-state index in [1.54, 1.807) is 4.90 Å². The molecule has 1 aromatic carbocycles. The highest BCUT2D eigenvalue weighted by Gasteiger charge is 2.14. The van der Waals surface area contributed by atoms with Gasteiger partial charge in [0.1, 0.15) is 0 Å². The zero-order chi connectivity index (χ0) is 15.1. The fourth-order valence-corrected chi connectivity index (χ4v) is 2.30. The molecular weight excluding hydrogens is 254 g/mol. The largest absolute Gasteiger partial charge is 0.481 e. The Morgan fingerprint density at radius 2 is 1.60 bits per heavy atom. The first-order chi connectivity index (χ1) is 9.43. The molecule has 110 valence electrons. The third-order valence-corrected chi connectivity index (χ3v) is 3.17. The lowest BCUT2D eigenvalue weighted by atomic mass is 10.1.